The van der Waals surface area contributed by atoms with Crippen molar-refractivity contribution >= 4 is 17.3 Å². The third-order valence-electron chi connectivity index (χ3n) is 4.28. The summed E-state index contributed by atoms with van der Waals surface area (Å²) in [6.07, 6.45) is 1.33. The highest BCUT2D eigenvalue weighted by atomic mass is 19.3. The van der Waals surface area contributed by atoms with Crippen LogP contribution in [0.3, 0.4) is 0 Å². The van der Waals surface area contributed by atoms with E-state index in [1.54, 1.807) is 17.0 Å². The lowest BCUT2D eigenvalue weighted by Crippen LogP contribution is -2.56. The van der Waals surface area contributed by atoms with Gasteiger partial charge in [0.15, 0.2) is 0 Å². The lowest BCUT2D eigenvalue weighted by atomic mass is 10.1. The summed E-state index contributed by atoms with van der Waals surface area (Å²) in [6, 6.07) is 8.38. The smallest absolute Gasteiger partial charge is 0.282 e. The van der Waals surface area contributed by atoms with Gasteiger partial charge in [0.25, 0.3) is 5.92 Å². The summed E-state index contributed by atoms with van der Waals surface area (Å²) >= 11 is 0. The number of halogens is 4. The molecule has 1 N–H and O–H groups in total. The summed E-state index contributed by atoms with van der Waals surface area (Å²) in [7, 11) is 0. The van der Waals surface area contributed by atoms with Gasteiger partial charge in [0.2, 0.25) is 5.95 Å². The van der Waals surface area contributed by atoms with E-state index in [1.165, 1.54) is 11.0 Å². The number of aromatic nitrogens is 3. The number of hydrogen-bond donors (Lipinski definition) is 1. The number of aryl methyl sites for hydroxylation is 1. The van der Waals surface area contributed by atoms with E-state index in [9.17, 15) is 17.6 Å². The third kappa shape index (κ3) is 3.57. The number of benzene rings is 2. The first kappa shape index (κ1) is 17.3. The average Bonchev–Trinajstić information content (AvgIpc) is 3.02. The van der Waals surface area contributed by atoms with Gasteiger partial charge in [-0.1, -0.05) is 6.07 Å². The zero-order valence-electron chi connectivity index (χ0n) is 14.3. The number of hydrogen-bond acceptors (Lipinski definition) is 4. The largest absolute Gasteiger partial charge is 0.359 e. The van der Waals surface area contributed by atoms with Crippen molar-refractivity contribution in [2.75, 3.05) is 23.3 Å². The summed E-state index contributed by atoms with van der Waals surface area (Å²) in [6.45, 7) is 1.23. The fraction of sp³-hybridized carbons (Fsp3) is 0.222. The fourth-order valence-corrected chi connectivity index (χ4v) is 2.87. The molecule has 1 aromatic heterocycles. The summed E-state index contributed by atoms with van der Waals surface area (Å²) in [5.74, 6) is -3.87. The first-order valence-electron chi connectivity index (χ1n) is 8.18. The van der Waals surface area contributed by atoms with E-state index >= 15 is 0 Å². The Kier molecular flexibility index (Phi) is 4.01. The highest BCUT2D eigenvalue weighted by molar-refractivity contribution is 5.66. The van der Waals surface area contributed by atoms with Gasteiger partial charge in [0, 0.05) is 17.4 Å². The predicted octanol–water partition coefficient (Wildman–Crippen LogP) is 4.05. The van der Waals surface area contributed by atoms with Crippen LogP contribution in [0.15, 0.2) is 42.7 Å². The van der Waals surface area contributed by atoms with Crippen LogP contribution < -0.4 is 10.2 Å². The fourth-order valence-electron chi connectivity index (χ4n) is 2.87. The maximum absolute atomic E-state index is 13.4. The van der Waals surface area contributed by atoms with Gasteiger partial charge in [-0.05, 0) is 36.8 Å². The van der Waals surface area contributed by atoms with Crippen LogP contribution in [0, 0.1) is 18.6 Å². The number of anilines is 3. The first-order valence-corrected chi connectivity index (χ1v) is 8.18. The molecule has 0 saturated carbocycles. The molecule has 2 aromatic carbocycles. The Morgan fingerprint density at radius 1 is 1.00 bits per heavy atom. The molecule has 5 nitrogen and oxygen atoms in total. The van der Waals surface area contributed by atoms with Gasteiger partial charge in [0.05, 0.1) is 18.8 Å². The Morgan fingerprint density at radius 2 is 1.70 bits per heavy atom. The summed E-state index contributed by atoms with van der Waals surface area (Å²) in [4.78, 5) is 5.66. The molecule has 27 heavy (non-hydrogen) atoms. The highest BCUT2D eigenvalue weighted by Crippen LogP contribution is 2.34. The zero-order chi connectivity index (χ0) is 19.2. The molecule has 2 heterocycles. The van der Waals surface area contributed by atoms with Gasteiger partial charge in [-0.15, -0.1) is 5.10 Å². The molecule has 0 atom stereocenters. The molecule has 0 radical (unpaired) electrons. The summed E-state index contributed by atoms with van der Waals surface area (Å²) in [5, 5.41) is 7.17. The van der Waals surface area contributed by atoms with Crippen LogP contribution in [0.1, 0.15) is 5.56 Å². The average molecular weight is 377 g/mol. The molecule has 0 aliphatic carbocycles. The van der Waals surface area contributed by atoms with Gasteiger partial charge in [0.1, 0.15) is 18.0 Å². The molecule has 0 bridgehead atoms. The quantitative estimate of drug-likeness (QED) is 0.697. The summed E-state index contributed by atoms with van der Waals surface area (Å²) in [5.41, 5.74) is 2.40. The van der Waals surface area contributed by atoms with Gasteiger partial charge in [-0.3, -0.25) is 0 Å². The lowest BCUT2D eigenvalue weighted by molar-refractivity contribution is -0.0262. The monoisotopic (exact) mass is 377 g/mol. The Morgan fingerprint density at radius 3 is 2.37 bits per heavy atom. The zero-order valence-corrected chi connectivity index (χ0v) is 14.3. The van der Waals surface area contributed by atoms with Crippen molar-refractivity contribution in [3.63, 3.8) is 0 Å². The Hall–Kier alpha value is -3.10. The molecule has 1 fully saturated rings. The highest BCUT2D eigenvalue weighted by Gasteiger charge is 2.43. The van der Waals surface area contributed by atoms with Gasteiger partial charge in [-0.25, -0.2) is 22.2 Å². The van der Waals surface area contributed by atoms with Crippen molar-refractivity contribution in [2.45, 2.75) is 12.8 Å². The van der Waals surface area contributed by atoms with Crippen LogP contribution in [0.25, 0.3) is 5.69 Å². The van der Waals surface area contributed by atoms with Crippen LogP contribution in [0.4, 0.5) is 34.9 Å². The van der Waals surface area contributed by atoms with Crippen molar-refractivity contribution in [3.05, 3.63) is 59.9 Å². The number of rotatable bonds is 4. The van der Waals surface area contributed by atoms with Crippen LogP contribution >= 0.6 is 0 Å². The molecular weight excluding hydrogens is 362 g/mol. The van der Waals surface area contributed by atoms with E-state index in [0.29, 0.717) is 11.4 Å². The minimum atomic E-state index is -2.65. The van der Waals surface area contributed by atoms with Crippen molar-refractivity contribution in [2.24, 2.45) is 0 Å². The molecule has 1 aliphatic heterocycles. The second kappa shape index (κ2) is 6.26. The maximum Gasteiger partial charge on any atom is 0.282 e. The lowest BCUT2D eigenvalue weighted by Gasteiger charge is -2.40. The van der Waals surface area contributed by atoms with Crippen LogP contribution in [0.2, 0.25) is 0 Å². The van der Waals surface area contributed by atoms with Crippen molar-refractivity contribution in [1.82, 2.24) is 14.8 Å². The standard InChI is InChI=1S/C18H15F4N5/c1-11-2-3-14(26-8-18(21,22)9-26)7-16(11)24-17-23-10-27(25-17)15-5-12(19)4-13(20)6-15/h2-7,10H,8-9H2,1H3,(H,24,25). The van der Waals surface area contributed by atoms with Crippen molar-refractivity contribution in [1.29, 1.82) is 0 Å². The Balaban J connectivity index is 1.55. The third-order valence-corrected chi connectivity index (χ3v) is 4.28. The number of nitrogens with one attached hydrogen (secondary N) is 1. The SMILES string of the molecule is Cc1ccc(N2CC(F)(F)C2)cc1Nc1ncn(-c2cc(F)cc(F)c2)n1. The molecule has 140 valence electrons. The van der Waals surface area contributed by atoms with E-state index in [1.807, 2.05) is 13.0 Å². The number of nitrogens with zero attached hydrogens (tertiary/aromatic N) is 4. The topological polar surface area (TPSA) is 46.0 Å². The molecule has 3 aromatic rings. The Bertz CT molecular complexity index is 973. The minimum Gasteiger partial charge on any atom is -0.359 e. The second-order valence-corrected chi connectivity index (χ2v) is 6.48. The van der Waals surface area contributed by atoms with E-state index in [0.717, 1.165) is 23.8 Å². The molecule has 0 spiro atoms. The normalized spacial score (nSPS) is 15.5. The Labute approximate surface area is 152 Å². The van der Waals surface area contributed by atoms with Crippen LogP contribution in [0.5, 0.6) is 0 Å². The van der Waals surface area contributed by atoms with Gasteiger partial charge in [-0.2, -0.15) is 4.98 Å². The molecule has 1 aliphatic rings. The van der Waals surface area contributed by atoms with E-state index in [4.69, 9.17) is 0 Å². The predicted molar refractivity (Wildman–Crippen MR) is 92.9 cm³/mol. The molecule has 4 rings (SSSR count). The molecule has 1 saturated heterocycles. The van der Waals surface area contributed by atoms with Gasteiger partial charge >= 0.3 is 0 Å². The van der Waals surface area contributed by atoms with Crippen molar-refractivity contribution < 1.29 is 17.6 Å². The first-order chi connectivity index (χ1) is 12.8. The van der Waals surface area contributed by atoms with Crippen LogP contribution in [-0.4, -0.2) is 33.8 Å². The number of alkyl halides is 2. The minimum absolute atomic E-state index is 0.196. The second-order valence-electron chi connectivity index (χ2n) is 6.48. The van der Waals surface area contributed by atoms with E-state index in [-0.39, 0.29) is 24.7 Å². The van der Waals surface area contributed by atoms with E-state index in [2.05, 4.69) is 15.4 Å². The molecule has 9 heteroatoms. The van der Waals surface area contributed by atoms with E-state index < -0.39 is 17.6 Å². The molecule has 0 amide bonds. The molecular formula is C18H15F4N5. The molecule has 0 unspecified atom stereocenters. The maximum atomic E-state index is 13.4. The van der Waals surface area contributed by atoms with Crippen molar-refractivity contribution in [3.8, 4) is 5.69 Å². The van der Waals surface area contributed by atoms with Gasteiger partial charge < -0.3 is 10.2 Å². The summed E-state index contributed by atoms with van der Waals surface area (Å²) < 4.78 is 54.1. The van der Waals surface area contributed by atoms with Crippen LogP contribution in [-0.2, 0) is 0 Å².